The van der Waals surface area contributed by atoms with Crippen molar-refractivity contribution in [2.45, 2.75) is 44.3 Å². The molecule has 0 aliphatic heterocycles. The smallest absolute Gasteiger partial charge is 0.191 e. The van der Waals surface area contributed by atoms with Crippen LogP contribution in [-0.4, -0.2) is 14.8 Å². The van der Waals surface area contributed by atoms with Gasteiger partial charge < -0.3 is 9.30 Å². The summed E-state index contributed by atoms with van der Waals surface area (Å²) in [5, 5.41) is 10.4. The first kappa shape index (κ1) is 18.8. The molecule has 4 nitrogen and oxygen atoms in total. The van der Waals surface area contributed by atoms with Crippen LogP contribution in [0.3, 0.4) is 0 Å². The molecule has 0 N–H and O–H groups in total. The zero-order valence-electron chi connectivity index (χ0n) is 15.1. The third-order valence-corrected chi connectivity index (χ3v) is 5.52. The van der Waals surface area contributed by atoms with Gasteiger partial charge in [-0.1, -0.05) is 59.8 Å². The Morgan fingerprint density at radius 2 is 1.85 bits per heavy atom. The van der Waals surface area contributed by atoms with Gasteiger partial charge in [-0.2, -0.15) is 0 Å². The lowest BCUT2D eigenvalue weighted by molar-refractivity contribution is 0.208. The van der Waals surface area contributed by atoms with Gasteiger partial charge in [-0.3, -0.25) is 0 Å². The second-order valence-corrected chi connectivity index (χ2v) is 7.34. The summed E-state index contributed by atoms with van der Waals surface area (Å²) in [6, 6.07) is 15.9. The summed E-state index contributed by atoms with van der Waals surface area (Å²) in [7, 11) is 0. The number of benzene rings is 2. The summed E-state index contributed by atoms with van der Waals surface area (Å²) in [5.74, 6) is 2.46. The van der Waals surface area contributed by atoms with Crippen LogP contribution >= 0.6 is 23.4 Å². The van der Waals surface area contributed by atoms with Gasteiger partial charge in [0, 0.05) is 17.3 Å². The molecular weight excluding hydrogens is 366 g/mol. The summed E-state index contributed by atoms with van der Waals surface area (Å²) < 4.78 is 8.22. The van der Waals surface area contributed by atoms with Crippen molar-refractivity contribution in [1.82, 2.24) is 14.8 Å². The Hall–Kier alpha value is -1.98. The summed E-state index contributed by atoms with van der Waals surface area (Å²) in [6.45, 7) is 6.92. The third-order valence-electron chi connectivity index (χ3n) is 4.14. The molecule has 0 amide bonds. The fourth-order valence-electron chi connectivity index (χ4n) is 2.69. The number of rotatable bonds is 7. The molecule has 1 atom stereocenters. The molecule has 0 bridgehead atoms. The number of ether oxygens (including phenoxy) is 1. The van der Waals surface area contributed by atoms with E-state index >= 15 is 0 Å². The maximum atomic E-state index is 6.25. The Labute approximate surface area is 163 Å². The summed E-state index contributed by atoms with van der Waals surface area (Å²) in [4.78, 5) is 0. The van der Waals surface area contributed by atoms with Crippen molar-refractivity contribution in [1.29, 1.82) is 0 Å². The van der Waals surface area contributed by atoms with Crippen molar-refractivity contribution < 1.29 is 4.74 Å². The molecule has 0 fully saturated rings. The molecule has 3 rings (SSSR count). The fourth-order valence-corrected chi connectivity index (χ4v) is 3.99. The molecular formula is C20H22ClN3OS. The molecule has 0 aliphatic carbocycles. The molecule has 1 unspecified atom stereocenters. The first-order valence-electron chi connectivity index (χ1n) is 8.61. The molecule has 0 radical (unpaired) electrons. The molecule has 136 valence electrons. The van der Waals surface area contributed by atoms with Crippen LogP contribution in [0.25, 0.3) is 0 Å². The number of aromatic nitrogens is 3. The maximum Gasteiger partial charge on any atom is 0.191 e. The summed E-state index contributed by atoms with van der Waals surface area (Å²) >= 11 is 7.88. The minimum absolute atomic E-state index is 0.182. The van der Waals surface area contributed by atoms with Crippen LogP contribution in [0.1, 0.15) is 36.9 Å². The molecule has 26 heavy (non-hydrogen) atoms. The van der Waals surface area contributed by atoms with Gasteiger partial charge in [-0.05, 0) is 44.0 Å². The highest BCUT2D eigenvalue weighted by molar-refractivity contribution is 7.98. The van der Waals surface area contributed by atoms with Gasteiger partial charge in [0.15, 0.2) is 17.1 Å². The lowest BCUT2D eigenvalue weighted by Gasteiger charge is -2.17. The van der Waals surface area contributed by atoms with E-state index < -0.39 is 0 Å². The predicted octanol–water partition coefficient (Wildman–Crippen LogP) is 5.69. The highest BCUT2D eigenvalue weighted by Gasteiger charge is 2.19. The monoisotopic (exact) mass is 387 g/mol. The van der Waals surface area contributed by atoms with Crippen molar-refractivity contribution in [3.63, 3.8) is 0 Å². The SMILES string of the molecule is CCn1c(SCc2ccccc2Cl)nnc1C(C)Oc1ccccc1C. The summed E-state index contributed by atoms with van der Waals surface area (Å²) in [5.41, 5.74) is 2.20. The molecule has 0 saturated heterocycles. The van der Waals surface area contributed by atoms with E-state index in [1.165, 1.54) is 0 Å². The van der Waals surface area contributed by atoms with Crippen LogP contribution in [0.4, 0.5) is 0 Å². The Morgan fingerprint density at radius 1 is 1.12 bits per heavy atom. The van der Waals surface area contributed by atoms with Gasteiger partial charge in [0.05, 0.1) is 0 Å². The second kappa shape index (κ2) is 8.60. The normalized spacial score (nSPS) is 12.2. The van der Waals surface area contributed by atoms with E-state index in [2.05, 4.69) is 21.7 Å². The average Bonchev–Trinajstić information content (AvgIpc) is 3.06. The molecule has 0 spiro atoms. The number of hydrogen-bond donors (Lipinski definition) is 0. The molecule has 0 saturated carbocycles. The first-order valence-corrected chi connectivity index (χ1v) is 9.98. The minimum Gasteiger partial charge on any atom is -0.482 e. The van der Waals surface area contributed by atoms with Crippen LogP contribution in [0.5, 0.6) is 5.75 Å². The Bertz CT molecular complexity index is 881. The predicted molar refractivity (Wildman–Crippen MR) is 107 cm³/mol. The van der Waals surface area contributed by atoms with Crippen molar-refractivity contribution in [3.8, 4) is 5.75 Å². The number of nitrogens with zero attached hydrogens (tertiary/aromatic N) is 3. The van der Waals surface area contributed by atoms with Crippen LogP contribution in [0, 0.1) is 6.92 Å². The zero-order chi connectivity index (χ0) is 18.5. The highest BCUT2D eigenvalue weighted by Crippen LogP contribution is 2.29. The fraction of sp³-hybridized carbons (Fsp3) is 0.300. The average molecular weight is 388 g/mol. The molecule has 1 heterocycles. The number of halogens is 1. The topological polar surface area (TPSA) is 39.9 Å². The second-order valence-electron chi connectivity index (χ2n) is 5.99. The standard InChI is InChI=1S/C20H22ClN3OS/c1-4-24-19(15(3)25-18-12-8-5-9-14(18)2)22-23-20(24)26-13-16-10-6-7-11-17(16)21/h5-12,15H,4,13H2,1-3H3. The Morgan fingerprint density at radius 3 is 2.58 bits per heavy atom. The van der Waals surface area contributed by atoms with Crippen LogP contribution in [0.15, 0.2) is 53.7 Å². The van der Waals surface area contributed by atoms with Crippen LogP contribution in [-0.2, 0) is 12.3 Å². The molecule has 6 heteroatoms. The van der Waals surface area contributed by atoms with Crippen molar-refractivity contribution in [2.75, 3.05) is 0 Å². The first-order chi connectivity index (χ1) is 12.6. The Kier molecular flexibility index (Phi) is 6.22. The summed E-state index contributed by atoms with van der Waals surface area (Å²) in [6.07, 6.45) is -0.182. The third kappa shape index (κ3) is 4.22. The van der Waals surface area contributed by atoms with Crippen molar-refractivity contribution in [2.24, 2.45) is 0 Å². The van der Waals surface area contributed by atoms with E-state index in [1.54, 1.807) is 11.8 Å². The van der Waals surface area contributed by atoms with Gasteiger partial charge in [-0.15, -0.1) is 10.2 Å². The van der Waals surface area contributed by atoms with Crippen LogP contribution in [0.2, 0.25) is 5.02 Å². The van der Waals surface area contributed by atoms with Gasteiger partial charge in [0.2, 0.25) is 0 Å². The van der Waals surface area contributed by atoms with Gasteiger partial charge in [0.25, 0.3) is 0 Å². The van der Waals surface area contributed by atoms with E-state index in [0.29, 0.717) is 0 Å². The zero-order valence-corrected chi connectivity index (χ0v) is 16.7. The number of para-hydroxylation sites is 1. The highest BCUT2D eigenvalue weighted by atomic mass is 35.5. The molecule has 0 aliphatic rings. The van der Waals surface area contributed by atoms with E-state index in [-0.39, 0.29) is 6.10 Å². The quantitative estimate of drug-likeness (QED) is 0.488. The molecule has 2 aromatic carbocycles. The molecule has 3 aromatic rings. The lowest BCUT2D eigenvalue weighted by atomic mass is 10.2. The number of aryl methyl sites for hydroxylation is 1. The Balaban J connectivity index is 1.75. The number of hydrogen-bond acceptors (Lipinski definition) is 4. The van der Waals surface area contributed by atoms with Gasteiger partial charge in [0.1, 0.15) is 5.75 Å². The van der Waals surface area contributed by atoms with E-state index in [0.717, 1.165) is 45.2 Å². The van der Waals surface area contributed by atoms with Gasteiger partial charge in [-0.25, -0.2) is 0 Å². The van der Waals surface area contributed by atoms with Gasteiger partial charge >= 0.3 is 0 Å². The molecule has 1 aromatic heterocycles. The lowest BCUT2D eigenvalue weighted by Crippen LogP contribution is -2.12. The minimum atomic E-state index is -0.182. The van der Waals surface area contributed by atoms with E-state index in [9.17, 15) is 0 Å². The largest absolute Gasteiger partial charge is 0.482 e. The van der Waals surface area contributed by atoms with Crippen molar-refractivity contribution in [3.05, 3.63) is 70.5 Å². The van der Waals surface area contributed by atoms with Crippen LogP contribution < -0.4 is 4.74 Å². The van der Waals surface area contributed by atoms with E-state index in [4.69, 9.17) is 16.3 Å². The van der Waals surface area contributed by atoms with Crippen molar-refractivity contribution >= 4 is 23.4 Å². The maximum absolute atomic E-state index is 6.25. The number of thioether (sulfide) groups is 1. The van der Waals surface area contributed by atoms with E-state index in [1.807, 2.05) is 62.4 Å².